The molecule has 680 valence electrons. The van der Waals surface area contributed by atoms with Crippen LogP contribution in [0, 0.1) is 20.8 Å². The number of H-pyrrole nitrogens is 2. The quantitative estimate of drug-likeness (QED) is 0.0207. The van der Waals surface area contributed by atoms with Crippen molar-refractivity contribution in [3.63, 3.8) is 0 Å². The lowest BCUT2D eigenvalue weighted by Gasteiger charge is -2.32. The lowest BCUT2D eigenvalue weighted by molar-refractivity contribution is -0.118. The van der Waals surface area contributed by atoms with E-state index in [2.05, 4.69) is 177 Å². The third-order valence-electron chi connectivity index (χ3n) is 26.2. The fraction of sp³-hybridized carbons (Fsp3) is 0.527. The Morgan fingerprint density at radius 2 is 0.889 bits per heavy atom. The molecule has 17 rings (SSSR count). The van der Waals surface area contributed by atoms with Crippen molar-refractivity contribution in [1.29, 1.82) is 0 Å². The number of fused-ring (bicyclic) bond motifs is 3. The van der Waals surface area contributed by atoms with Gasteiger partial charge in [-0.1, -0.05) is 200 Å². The maximum atomic E-state index is 13.1. The van der Waals surface area contributed by atoms with Gasteiger partial charge in [-0.2, -0.15) is 0 Å². The van der Waals surface area contributed by atoms with Crippen LogP contribution in [-0.2, 0) is 74.9 Å². The van der Waals surface area contributed by atoms with Crippen molar-refractivity contribution < 1.29 is 73.5 Å². The zero-order valence-electron chi connectivity index (χ0n) is 73.9. The molecule has 3 N–H and O–H groups in total. The second kappa shape index (κ2) is 41.8. The first kappa shape index (κ1) is 93.9. The number of ether oxygens (including phenoxy) is 7. The van der Waals surface area contributed by atoms with Crippen LogP contribution in [-0.4, -0.2) is 226 Å². The molecule has 7 aromatic rings. The fourth-order valence-electron chi connectivity index (χ4n) is 19.2. The summed E-state index contributed by atoms with van der Waals surface area (Å²) < 4.78 is 119. The van der Waals surface area contributed by atoms with Gasteiger partial charge in [-0.25, -0.2) is 32.0 Å². The average Bonchev–Trinajstić information content (AvgIpc) is 1.60. The van der Waals surface area contributed by atoms with Crippen molar-refractivity contribution in [2.45, 2.75) is 247 Å². The van der Waals surface area contributed by atoms with E-state index in [1.54, 1.807) is 53.3 Å². The number of amides is 1. The molecule has 5 aromatic carbocycles. The number of sulfone groups is 1. The van der Waals surface area contributed by atoms with Crippen LogP contribution in [0.2, 0.25) is 25.2 Å². The van der Waals surface area contributed by atoms with Crippen molar-refractivity contribution >= 4 is 78.2 Å². The second-order valence-electron chi connectivity index (χ2n) is 34.6. The Kier molecular flexibility index (Phi) is 31.1. The average molecular weight is 1840 g/mol. The summed E-state index contributed by atoms with van der Waals surface area (Å²) >= 11 is 0. The van der Waals surface area contributed by atoms with E-state index in [1.165, 1.54) is 42.3 Å². The second-order valence-corrected chi connectivity index (χ2v) is 49.4. The minimum atomic E-state index is -3.48. The van der Waals surface area contributed by atoms with Gasteiger partial charge in [0.25, 0.3) is 42.6 Å². The van der Waals surface area contributed by atoms with E-state index in [-0.39, 0.29) is 72.6 Å². The molecule has 10 aliphatic rings. The molecule has 0 bridgehead atoms. The van der Waals surface area contributed by atoms with Crippen molar-refractivity contribution in [2.75, 3.05) is 66.0 Å². The Bertz CT molecular complexity index is 4940. The summed E-state index contributed by atoms with van der Waals surface area (Å²) in [6, 6.07) is 53.0. The number of nitrogens with zero attached hydrogens (tertiary/aromatic N) is 6. The normalized spacial score (nSPS) is 29.8. The van der Waals surface area contributed by atoms with Gasteiger partial charge in [0.15, 0.2) is 22.3 Å². The van der Waals surface area contributed by atoms with Crippen LogP contribution in [0.5, 0.6) is 0 Å². The van der Waals surface area contributed by atoms with E-state index >= 15 is 0 Å². The zero-order valence-corrected chi connectivity index (χ0v) is 79.4. The first-order valence-electron chi connectivity index (χ1n) is 44.3. The highest BCUT2D eigenvalue weighted by atomic mass is 32.2. The maximum absolute atomic E-state index is 13.1. The highest BCUT2D eigenvalue weighted by Crippen LogP contribution is 2.62. The molecular weight excluding hydrogens is 1720 g/mol. The molecule has 20 atom stereocenters. The molecule has 29 nitrogen and oxygen atoms in total. The number of hydrogen-bond donors (Lipinski definition) is 3. The summed E-state index contributed by atoms with van der Waals surface area (Å²) in [5.41, 5.74) is 0.532. The number of carbonyl (C=O) groups excluding carboxylic acids is 1. The van der Waals surface area contributed by atoms with E-state index < -0.39 is 117 Å². The van der Waals surface area contributed by atoms with Crippen molar-refractivity contribution in [2.24, 2.45) is 0 Å². The van der Waals surface area contributed by atoms with Gasteiger partial charge in [-0.3, -0.25) is 33.5 Å². The van der Waals surface area contributed by atoms with Gasteiger partial charge in [-0.05, 0) is 110 Å². The van der Waals surface area contributed by atoms with Crippen LogP contribution in [0.3, 0.4) is 0 Å². The maximum Gasteiger partial charge on any atom is 0.330 e. The Morgan fingerprint density at radius 3 is 1.29 bits per heavy atom. The molecule has 0 radical (unpaired) electrons. The number of aromatic amines is 2. The van der Waals surface area contributed by atoms with Gasteiger partial charge < -0.3 is 70.5 Å². The fourth-order valence-corrected chi connectivity index (χ4v) is 34.8. The van der Waals surface area contributed by atoms with Gasteiger partial charge in [0.05, 0.1) is 79.8 Å². The molecule has 0 aliphatic carbocycles. The van der Waals surface area contributed by atoms with Gasteiger partial charge in [-0.15, -0.1) is 0 Å². The van der Waals surface area contributed by atoms with E-state index in [0.29, 0.717) is 73.1 Å². The molecule has 10 aliphatic heterocycles. The molecule has 12 heterocycles. The number of carbonyl (C=O) groups is 1. The monoisotopic (exact) mass is 1840 g/mol. The Hall–Kier alpha value is -6.76. The first-order valence-corrected chi connectivity index (χ1v) is 54.8. The molecule has 35 heteroatoms. The Balaban J connectivity index is 0.000000147. The predicted molar refractivity (Wildman–Crippen MR) is 490 cm³/mol. The molecule has 9 saturated heterocycles. The number of aromatic nitrogens is 4. The summed E-state index contributed by atoms with van der Waals surface area (Å²) in [5, 5.41) is 8.35. The Morgan fingerprint density at radius 1 is 0.492 bits per heavy atom. The van der Waals surface area contributed by atoms with Crippen LogP contribution in [0.15, 0.2) is 206 Å². The van der Waals surface area contributed by atoms with Gasteiger partial charge >= 0.3 is 11.4 Å². The molecule has 0 spiro atoms. The van der Waals surface area contributed by atoms with E-state index in [9.17, 15) is 32.4 Å². The number of benzene rings is 5. The minimum absolute atomic E-state index is 0.0335. The molecule has 1 amide bonds. The van der Waals surface area contributed by atoms with E-state index in [0.717, 1.165) is 82.2 Å². The van der Waals surface area contributed by atoms with Gasteiger partial charge in [0.1, 0.15) is 52.6 Å². The third kappa shape index (κ3) is 20.5. The largest absolute Gasteiger partial charge is 0.382 e. The number of hydrogen-bond acceptors (Lipinski definition) is 24. The van der Waals surface area contributed by atoms with Crippen LogP contribution in [0.4, 0.5) is 0 Å². The van der Waals surface area contributed by atoms with Crippen LogP contribution < -0.4 is 48.6 Å². The van der Waals surface area contributed by atoms with E-state index in [4.69, 9.17) is 60.3 Å². The lowest BCUT2D eigenvalue weighted by Crippen LogP contribution is -2.58. The SMILES string of the molecule is C=C1NC(=O)C(C)=CN1[C@H]1CC(O[P@@]2O[C@H](CS(=O)(=O)c3ccc(C)cc3)[C@@H]3CCCN32)[C@@H](CC)O1.CC[C@H]1O[C@@H](n2cc(C)c(=O)[nH]c2=O)[C@@H](OCCOC)C1O[P@@]1O[C@H](C[Si](C)(c2ccccc2)c2ccccc2)[C@@H]2CCCN21.CC[C@H]1O[C@@H](n2cc(C)c(=O)[nH]c2=O)[C@@H](OCCOC)C1O[P@]1O[C@@H](C[Si](C)(c2ccccc2)c2ccccc2)[C@H]2CCCN21. The minimum Gasteiger partial charge on any atom is -0.382 e. The number of rotatable bonds is 31. The first-order chi connectivity index (χ1) is 60.8. The third-order valence-corrected chi connectivity index (χ3v) is 42.3. The molecular formula is C91H122N9O20P3SSi2. The Labute approximate surface area is 743 Å². The summed E-state index contributed by atoms with van der Waals surface area (Å²) in [4.78, 5) is 69.1. The van der Waals surface area contributed by atoms with E-state index in [1.807, 2.05) is 37.8 Å². The van der Waals surface area contributed by atoms with Crippen LogP contribution in [0.1, 0.15) is 121 Å². The molecule has 2 aromatic heterocycles. The van der Waals surface area contributed by atoms with Crippen molar-refractivity contribution in [3.05, 3.63) is 241 Å². The lowest BCUT2D eigenvalue weighted by atomic mass is 10.1. The molecule has 3 unspecified atom stereocenters. The zero-order chi connectivity index (χ0) is 88.7. The topological polar surface area (TPSA) is 306 Å². The summed E-state index contributed by atoms with van der Waals surface area (Å²) in [6.45, 7) is 26.1. The van der Waals surface area contributed by atoms with Gasteiger partial charge in [0, 0.05) is 93.7 Å². The molecule has 126 heavy (non-hydrogen) atoms. The smallest absolute Gasteiger partial charge is 0.330 e. The summed E-state index contributed by atoms with van der Waals surface area (Å²) in [7, 11) is -8.73. The van der Waals surface area contributed by atoms with Crippen molar-refractivity contribution in [1.82, 2.24) is 43.3 Å². The van der Waals surface area contributed by atoms with Gasteiger partial charge in [0.2, 0.25) is 0 Å². The number of methoxy groups -OCH3 is 2. The number of aryl methyl sites for hydroxylation is 3. The van der Waals surface area contributed by atoms with Crippen molar-refractivity contribution in [3.8, 4) is 0 Å². The van der Waals surface area contributed by atoms with Crippen LogP contribution >= 0.6 is 25.6 Å². The summed E-state index contributed by atoms with van der Waals surface area (Å²) in [5.74, 6) is 0.260. The predicted octanol–water partition coefficient (Wildman–Crippen LogP) is 10.7. The van der Waals surface area contributed by atoms with Crippen LogP contribution in [0.25, 0.3) is 0 Å². The summed E-state index contributed by atoms with van der Waals surface area (Å²) in [6.07, 6.45) is 8.35. The highest BCUT2D eigenvalue weighted by Gasteiger charge is 2.58. The standard InChI is InChI=1S/2C33H44N3O7PSi.C25H34N3O6PS/c2*1-5-27-29(30(40-20-19-39-3)32(41-27)35-21-23(2)31(37)34-33(35)38)43-44-36-18-12-17-26(36)28(42-44)22-45(4,24-13-8-6-9-14-24)25-15-10-7-11-16-25;1-5-21-22(13-24(32-21)27-14-17(3)25(29)26-18(27)4)33-35-28-12-6-7-20(28)23(34-35)15-36(30,31)19-10-8-16(2)9-11-19/h2*6-11,13-16,21,26-30,32H,5,12,17-20,22H2,1-4H3,(H,34,37,38);8-11,14,20-24H,4-7,12-13,15H2,1-3H3,(H,26,29)/t26-,27+,28+,29?,30-,32+,44+;26-,27-,28+,29?,30+,32-,44+;20-,21+,22?,23+,24+,35-/m010/s1. The molecule has 0 saturated carbocycles. The number of nitrogens with one attached hydrogen (secondary N) is 3. The molecule has 9 fully saturated rings. The highest BCUT2D eigenvalue weighted by molar-refractivity contribution is 7.91.